The summed E-state index contributed by atoms with van der Waals surface area (Å²) in [6, 6.07) is 14.2. The van der Waals surface area contributed by atoms with E-state index in [0.717, 1.165) is 28.0 Å². The van der Waals surface area contributed by atoms with Gasteiger partial charge in [0.05, 0.1) is 17.6 Å². The quantitative estimate of drug-likeness (QED) is 0.583. The number of rotatable bonds is 4. The number of benzene rings is 2. The number of nitrogens with one attached hydrogen (secondary N) is 1. The summed E-state index contributed by atoms with van der Waals surface area (Å²) < 4.78 is 1.70. The largest absolute Gasteiger partial charge is 0.322 e. The highest BCUT2D eigenvalue weighted by atomic mass is 32.2. The lowest BCUT2D eigenvalue weighted by Crippen LogP contribution is -2.12. The van der Waals surface area contributed by atoms with Crippen molar-refractivity contribution in [3.05, 3.63) is 66.0 Å². The van der Waals surface area contributed by atoms with Gasteiger partial charge in [0.1, 0.15) is 5.40 Å². The number of anilines is 1. The second-order valence-electron chi connectivity index (χ2n) is 5.01. The van der Waals surface area contributed by atoms with E-state index in [1.807, 2.05) is 24.5 Å². The molecule has 0 aliphatic carbocycles. The number of carbonyl (C=O) groups is 1. The van der Waals surface area contributed by atoms with Gasteiger partial charge in [0.2, 0.25) is 0 Å². The van der Waals surface area contributed by atoms with Crippen LogP contribution in [0.15, 0.2) is 59.6 Å². The number of hydrogen-bond acceptors (Lipinski definition) is 5. The molecule has 3 aromatic rings. The summed E-state index contributed by atoms with van der Waals surface area (Å²) in [5.41, 5.74) is 2.99. The second-order valence-corrected chi connectivity index (χ2v) is 5.86. The zero-order chi connectivity index (χ0) is 16.9. The standard InChI is InChI=1S/C17H13N5OS/c1-12-10-19-21-22(12)15-6-2-13(3-7-15)17(23)20-14-4-8-16(9-5-14)24-11-18/h2-10H,1H3,(H,20,23). The molecule has 0 fully saturated rings. The molecule has 0 radical (unpaired) electrons. The maximum atomic E-state index is 12.3. The van der Waals surface area contributed by atoms with Crippen LogP contribution < -0.4 is 5.32 Å². The lowest BCUT2D eigenvalue weighted by Gasteiger charge is -2.07. The minimum atomic E-state index is -0.197. The topological polar surface area (TPSA) is 83.6 Å². The Morgan fingerprint density at radius 1 is 1.17 bits per heavy atom. The molecule has 2 aromatic carbocycles. The minimum Gasteiger partial charge on any atom is -0.322 e. The van der Waals surface area contributed by atoms with Gasteiger partial charge in [-0.3, -0.25) is 4.79 Å². The molecule has 0 aliphatic rings. The number of nitriles is 1. The Balaban J connectivity index is 1.71. The van der Waals surface area contributed by atoms with Gasteiger partial charge < -0.3 is 5.32 Å². The summed E-state index contributed by atoms with van der Waals surface area (Å²) in [6.07, 6.45) is 1.68. The summed E-state index contributed by atoms with van der Waals surface area (Å²) in [6.45, 7) is 1.91. The van der Waals surface area contributed by atoms with Crippen LogP contribution in [0.25, 0.3) is 5.69 Å². The lowest BCUT2D eigenvalue weighted by atomic mass is 10.2. The Kier molecular flexibility index (Phi) is 4.59. The average molecular weight is 335 g/mol. The van der Waals surface area contributed by atoms with Crippen LogP contribution in [-0.4, -0.2) is 20.9 Å². The number of carbonyl (C=O) groups excluding carboxylic acids is 1. The van der Waals surface area contributed by atoms with Gasteiger partial charge in [0.25, 0.3) is 5.91 Å². The maximum absolute atomic E-state index is 12.3. The highest BCUT2D eigenvalue weighted by Gasteiger charge is 2.08. The Morgan fingerprint density at radius 3 is 2.46 bits per heavy atom. The van der Waals surface area contributed by atoms with Gasteiger partial charge in [-0.2, -0.15) is 5.26 Å². The monoisotopic (exact) mass is 335 g/mol. The molecule has 0 bridgehead atoms. The summed E-state index contributed by atoms with van der Waals surface area (Å²) in [5.74, 6) is -0.197. The fourth-order valence-corrected chi connectivity index (χ4v) is 2.54. The molecule has 0 spiro atoms. The third-order valence-electron chi connectivity index (χ3n) is 3.37. The second kappa shape index (κ2) is 6.98. The highest BCUT2D eigenvalue weighted by molar-refractivity contribution is 8.03. The minimum absolute atomic E-state index is 0.197. The van der Waals surface area contributed by atoms with E-state index in [0.29, 0.717) is 11.3 Å². The predicted molar refractivity (Wildman–Crippen MR) is 92.0 cm³/mol. The highest BCUT2D eigenvalue weighted by Crippen LogP contribution is 2.19. The van der Waals surface area contributed by atoms with E-state index in [2.05, 4.69) is 15.6 Å². The van der Waals surface area contributed by atoms with Crippen LogP contribution in [0.2, 0.25) is 0 Å². The Labute approximate surface area is 143 Å². The molecular weight excluding hydrogens is 322 g/mol. The van der Waals surface area contributed by atoms with Gasteiger partial charge in [-0.25, -0.2) is 4.68 Å². The van der Waals surface area contributed by atoms with Gasteiger partial charge in [0, 0.05) is 16.1 Å². The van der Waals surface area contributed by atoms with Crippen LogP contribution in [0.1, 0.15) is 16.1 Å². The average Bonchev–Trinajstić information content (AvgIpc) is 3.03. The van der Waals surface area contributed by atoms with Crippen molar-refractivity contribution in [1.82, 2.24) is 15.0 Å². The molecule has 3 rings (SSSR count). The molecule has 0 atom stereocenters. The van der Waals surface area contributed by atoms with E-state index in [4.69, 9.17) is 5.26 Å². The number of thiocyanates is 1. The van der Waals surface area contributed by atoms with Crippen LogP contribution in [0.4, 0.5) is 5.69 Å². The molecule has 0 saturated heterocycles. The summed E-state index contributed by atoms with van der Waals surface area (Å²) >= 11 is 1.08. The predicted octanol–water partition coefficient (Wildman–Crippen LogP) is 3.40. The number of aryl methyl sites for hydroxylation is 1. The van der Waals surface area contributed by atoms with Gasteiger partial charge in [-0.15, -0.1) is 5.10 Å². The number of nitrogens with zero attached hydrogens (tertiary/aromatic N) is 4. The van der Waals surface area contributed by atoms with Gasteiger partial charge in [0.15, 0.2) is 0 Å². The van der Waals surface area contributed by atoms with E-state index in [9.17, 15) is 4.79 Å². The van der Waals surface area contributed by atoms with E-state index in [1.54, 1.807) is 47.3 Å². The van der Waals surface area contributed by atoms with E-state index in [-0.39, 0.29) is 5.91 Å². The van der Waals surface area contributed by atoms with Crippen molar-refractivity contribution >= 4 is 23.4 Å². The van der Waals surface area contributed by atoms with Gasteiger partial charge >= 0.3 is 0 Å². The van der Waals surface area contributed by atoms with E-state index < -0.39 is 0 Å². The molecule has 6 nitrogen and oxygen atoms in total. The van der Waals surface area contributed by atoms with Gasteiger partial charge in [-0.05, 0) is 67.2 Å². The van der Waals surface area contributed by atoms with Gasteiger partial charge in [-0.1, -0.05) is 5.21 Å². The number of aromatic nitrogens is 3. The zero-order valence-electron chi connectivity index (χ0n) is 12.8. The lowest BCUT2D eigenvalue weighted by molar-refractivity contribution is 0.102. The normalized spacial score (nSPS) is 10.2. The van der Waals surface area contributed by atoms with Crippen molar-refractivity contribution in [3.63, 3.8) is 0 Å². The maximum Gasteiger partial charge on any atom is 0.255 e. The molecule has 1 amide bonds. The summed E-state index contributed by atoms with van der Waals surface area (Å²) in [7, 11) is 0. The van der Waals surface area contributed by atoms with E-state index in [1.165, 1.54) is 0 Å². The molecule has 0 aliphatic heterocycles. The van der Waals surface area contributed by atoms with Crippen LogP contribution >= 0.6 is 11.8 Å². The third-order valence-corrected chi connectivity index (χ3v) is 3.97. The molecule has 24 heavy (non-hydrogen) atoms. The number of amides is 1. The van der Waals surface area contributed by atoms with Crippen LogP contribution in [0.5, 0.6) is 0 Å². The van der Waals surface area contributed by atoms with Crippen LogP contribution in [0.3, 0.4) is 0 Å². The smallest absolute Gasteiger partial charge is 0.255 e. The molecule has 1 N–H and O–H groups in total. The van der Waals surface area contributed by atoms with Crippen molar-refractivity contribution < 1.29 is 4.79 Å². The Hall–Kier alpha value is -3.11. The fourth-order valence-electron chi connectivity index (χ4n) is 2.16. The molecule has 1 heterocycles. The van der Waals surface area contributed by atoms with Crippen molar-refractivity contribution in [2.45, 2.75) is 11.8 Å². The molecule has 118 valence electrons. The SMILES string of the molecule is Cc1cnnn1-c1ccc(C(=O)Nc2ccc(SC#N)cc2)cc1. The molecule has 7 heteroatoms. The summed E-state index contributed by atoms with van der Waals surface area (Å²) in [5, 5.41) is 21.3. The van der Waals surface area contributed by atoms with Crippen molar-refractivity contribution in [2.24, 2.45) is 0 Å². The molecular formula is C17H13N5OS. The fraction of sp³-hybridized carbons (Fsp3) is 0.0588. The third kappa shape index (κ3) is 3.45. The first-order chi connectivity index (χ1) is 11.7. The van der Waals surface area contributed by atoms with Crippen LogP contribution in [0, 0.1) is 17.6 Å². The Morgan fingerprint density at radius 2 is 1.88 bits per heavy atom. The number of hydrogen-bond donors (Lipinski definition) is 1. The first-order valence-electron chi connectivity index (χ1n) is 7.12. The number of thioether (sulfide) groups is 1. The van der Waals surface area contributed by atoms with Crippen molar-refractivity contribution in [1.29, 1.82) is 5.26 Å². The first-order valence-corrected chi connectivity index (χ1v) is 7.94. The molecule has 1 aromatic heterocycles. The van der Waals surface area contributed by atoms with Crippen molar-refractivity contribution in [3.8, 4) is 11.1 Å². The molecule has 0 saturated carbocycles. The first kappa shape index (κ1) is 15.8. The summed E-state index contributed by atoms with van der Waals surface area (Å²) in [4.78, 5) is 13.1. The molecule has 0 unspecified atom stereocenters. The van der Waals surface area contributed by atoms with E-state index >= 15 is 0 Å². The van der Waals surface area contributed by atoms with Crippen molar-refractivity contribution in [2.75, 3.05) is 5.32 Å². The van der Waals surface area contributed by atoms with Crippen LogP contribution in [-0.2, 0) is 0 Å². The Bertz CT molecular complexity index is 894. The zero-order valence-corrected chi connectivity index (χ0v) is 13.6.